The van der Waals surface area contributed by atoms with E-state index in [-0.39, 0.29) is 0 Å². The van der Waals surface area contributed by atoms with Gasteiger partial charge in [0.15, 0.2) is 0 Å². The molecule has 0 fully saturated rings. The summed E-state index contributed by atoms with van der Waals surface area (Å²) in [5, 5.41) is 4.76. The van der Waals surface area contributed by atoms with Gasteiger partial charge in [-0.15, -0.1) is 0 Å². The van der Waals surface area contributed by atoms with Gasteiger partial charge < -0.3 is 14.6 Å². The first-order chi connectivity index (χ1) is 11.1. The number of hydrogen-bond acceptors (Lipinski definition) is 3. The maximum Gasteiger partial charge on any atom is 0.0593 e. The number of aromatic nitrogens is 1. The summed E-state index contributed by atoms with van der Waals surface area (Å²) >= 11 is 0. The molecule has 2 heterocycles. The van der Waals surface area contributed by atoms with E-state index in [2.05, 4.69) is 54.0 Å². The molecule has 4 nitrogen and oxygen atoms in total. The van der Waals surface area contributed by atoms with E-state index in [1.165, 1.54) is 27.6 Å². The monoisotopic (exact) mass is 315 g/mol. The second kappa shape index (κ2) is 7.04. The summed E-state index contributed by atoms with van der Waals surface area (Å²) in [5.41, 5.74) is 5.76. The van der Waals surface area contributed by atoms with Crippen LogP contribution in [0.1, 0.15) is 30.5 Å². The minimum atomic E-state index is 0.497. The Morgan fingerprint density at radius 2 is 2.00 bits per heavy atom. The molecule has 126 valence electrons. The van der Waals surface area contributed by atoms with Crippen LogP contribution < -0.4 is 5.32 Å². The van der Waals surface area contributed by atoms with Gasteiger partial charge in [-0.25, -0.2) is 0 Å². The fourth-order valence-electron chi connectivity index (χ4n) is 3.52. The van der Waals surface area contributed by atoms with Gasteiger partial charge in [0.25, 0.3) is 0 Å². The maximum absolute atomic E-state index is 5.50. The lowest BCUT2D eigenvalue weighted by atomic mass is 10.0. The van der Waals surface area contributed by atoms with Crippen molar-refractivity contribution in [3.8, 4) is 0 Å². The molecule has 0 aliphatic carbocycles. The van der Waals surface area contributed by atoms with Gasteiger partial charge in [-0.05, 0) is 56.1 Å². The number of aryl methyl sites for hydroxylation is 1. The maximum atomic E-state index is 5.50. The molecule has 0 saturated carbocycles. The molecule has 0 amide bonds. The molecule has 1 atom stereocenters. The zero-order valence-electron chi connectivity index (χ0n) is 14.9. The van der Waals surface area contributed by atoms with Crippen molar-refractivity contribution >= 4 is 10.9 Å². The minimum absolute atomic E-state index is 0.497. The van der Waals surface area contributed by atoms with Crippen LogP contribution >= 0.6 is 0 Å². The van der Waals surface area contributed by atoms with Gasteiger partial charge in [0.2, 0.25) is 0 Å². The Morgan fingerprint density at radius 1 is 1.26 bits per heavy atom. The predicted molar refractivity (Wildman–Crippen MR) is 95.8 cm³/mol. The van der Waals surface area contributed by atoms with Crippen LogP contribution in [0.2, 0.25) is 0 Å². The SMILES string of the molecule is CCOCCN1Cc2cc3c(CC(C)NC)cn(C)c3cc2C1. The molecule has 0 saturated heterocycles. The molecular weight excluding hydrogens is 286 g/mol. The van der Waals surface area contributed by atoms with E-state index in [9.17, 15) is 0 Å². The molecule has 23 heavy (non-hydrogen) atoms. The van der Waals surface area contributed by atoms with Crippen molar-refractivity contribution in [3.63, 3.8) is 0 Å². The van der Waals surface area contributed by atoms with E-state index in [1.54, 1.807) is 0 Å². The zero-order chi connectivity index (χ0) is 16.4. The van der Waals surface area contributed by atoms with E-state index in [0.717, 1.165) is 39.3 Å². The fourth-order valence-corrected chi connectivity index (χ4v) is 3.52. The first kappa shape index (κ1) is 16.5. The van der Waals surface area contributed by atoms with Crippen molar-refractivity contribution in [1.82, 2.24) is 14.8 Å². The Morgan fingerprint density at radius 3 is 2.70 bits per heavy atom. The minimum Gasteiger partial charge on any atom is -0.380 e. The molecule has 3 rings (SSSR count). The summed E-state index contributed by atoms with van der Waals surface area (Å²) in [7, 11) is 4.19. The molecule has 1 aliphatic heterocycles. The van der Waals surface area contributed by atoms with Crippen LogP contribution in [0.5, 0.6) is 0 Å². The molecule has 1 unspecified atom stereocenters. The lowest BCUT2D eigenvalue weighted by molar-refractivity contribution is 0.113. The molecule has 0 bridgehead atoms. The number of likely N-dealkylation sites (N-methyl/N-ethyl adjacent to an activating group) is 1. The van der Waals surface area contributed by atoms with Crippen LogP contribution in [-0.2, 0) is 31.3 Å². The third-order valence-corrected chi connectivity index (χ3v) is 4.96. The molecule has 1 aromatic heterocycles. The number of benzene rings is 1. The van der Waals surface area contributed by atoms with Crippen LogP contribution in [0, 0.1) is 0 Å². The normalized spacial score (nSPS) is 16.2. The highest BCUT2D eigenvalue weighted by atomic mass is 16.5. The summed E-state index contributed by atoms with van der Waals surface area (Å²) in [6, 6.07) is 5.30. The molecule has 1 aliphatic rings. The highest BCUT2D eigenvalue weighted by Gasteiger charge is 2.21. The van der Waals surface area contributed by atoms with Crippen molar-refractivity contribution in [2.24, 2.45) is 7.05 Å². The predicted octanol–water partition coefficient (Wildman–Crippen LogP) is 2.68. The topological polar surface area (TPSA) is 29.4 Å². The van der Waals surface area contributed by atoms with E-state index in [4.69, 9.17) is 4.74 Å². The standard InChI is InChI=1S/C19H29N3O/c1-5-23-7-6-22-12-15-9-18-17(8-14(2)20-3)11-21(4)19(18)10-16(15)13-22/h9-11,14,20H,5-8,12-13H2,1-4H3. The lowest BCUT2D eigenvalue weighted by Gasteiger charge is -2.13. The van der Waals surface area contributed by atoms with Crippen molar-refractivity contribution in [3.05, 3.63) is 35.0 Å². The van der Waals surface area contributed by atoms with E-state index in [0.29, 0.717) is 6.04 Å². The number of nitrogens with one attached hydrogen (secondary N) is 1. The van der Waals surface area contributed by atoms with Crippen molar-refractivity contribution in [2.75, 3.05) is 26.8 Å². The highest BCUT2D eigenvalue weighted by molar-refractivity contribution is 5.86. The lowest BCUT2D eigenvalue weighted by Crippen LogP contribution is -2.23. The number of fused-ring (bicyclic) bond motifs is 2. The molecule has 4 heteroatoms. The summed E-state index contributed by atoms with van der Waals surface area (Å²) in [6.07, 6.45) is 3.36. The summed E-state index contributed by atoms with van der Waals surface area (Å²) in [6.45, 7) is 9.04. The third-order valence-electron chi connectivity index (χ3n) is 4.96. The van der Waals surface area contributed by atoms with Gasteiger partial charge >= 0.3 is 0 Å². The van der Waals surface area contributed by atoms with Crippen LogP contribution in [0.3, 0.4) is 0 Å². The molecule has 0 radical (unpaired) electrons. The molecular formula is C19H29N3O. The molecule has 2 aromatic rings. The van der Waals surface area contributed by atoms with Crippen molar-refractivity contribution in [1.29, 1.82) is 0 Å². The number of ether oxygens (including phenoxy) is 1. The number of hydrogen-bond donors (Lipinski definition) is 1. The Hall–Kier alpha value is -1.36. The Kier molecular flexibility index (Phi) is 5.05. The average molecular weight is 315 g/mol. The van der Waals surface area contributed by atoms with Crippen LogP contribution in [0.25, 0.3) is 10.9 Å². The molecule has 1 N–H and O–H groups in total. The van der Waals surface area contributed by atoms with Gasteiger partial charge in [-0.1, -0.05) is 0 Å². The Labute approximate surface area is 139 Å². The molecule has 0 spiro atoms. The largest absolute Gasteiger partial charge is 0.380 e. The van der Waals surface area contributed by atoms with Crippen LogP contribution in [-0.4, -0.2) is 42.3 Å². The number of nitrogens with zero attached hydrogens (tertiary/aromatic N) is 2. The highest BCUT2D eigenvalue weighted by Crippen LogP contribution is 2.30. The second-order valence-corrected chi connectivity index (χ2v) is 6.70. The van der Waals surface area contributed by atoms with Gasteiger partial charge in [-0.2, -0.15) is 0 Å². The van der Waals surface area contributed by atoms with Gasteiger partial charge in [0.1, 0.15) is 0 Å². The van der Waals surface area contributed by atoms with Crippen molar-refractivity contribution < 1.29 is 4.74 Å². The van der Waals surface area contributed by atoms with E-state index < -0.39 is 0 Å². The van der Waals surface area contributed by atoms with Crippen LogP contribution in [0.4, 0.5) is 0 Å². The number of rotatable bonds is 7. The second-order valence-electron chi connectivity index (χ2n) is 6.70. The zero-order valence-corrected chi connectivity index (χ0v) is 14.9. The molecule has 1 aromatic carbocycles. The van der Waals surface area contributed by atoms with Crippen LogP contribution in [0.15, 0.2) is 18.3 Å². The average Bonchev–Trinajstić information content (AvgIpc) is 3.06. The van der Waals surface area contributed by atoms with Crippen molar-refractivity contribution in [2.45, 2.75) is 39.4 Å². The first-order valence-corrected chi connectivity index (χ1v) is 8.69. The third kappa shape index (κ3) is 3.44. The summed E-state index contributed by atoms with van der Waals surface area (Å²) in [4.78, 5) is 2.48. The van der Waals surface area contributed by atoms with Gasteiger partial charge in [-0.3, -0.25) is 4.90 Å². The quantitative estimate of drug-likeness (QED) is 0.797. The van der Waals surface area contributed by atoms with Gasteiger partial charge in [0, 0.05) is 56.4 Å². The smallest absolute Gasteiger partial charge is 0.0593 e. The van der Waals surface area contributed by atoms with E-state index in [1.807, 2.05) is 7.05 Å². The first-order valence-electron chi connectivity index (χ1n) is 8.69. The Bertz CT molecular complexity index is 677. The van der Waals surface area contributed by atoms with E-state index >= 15 is 0 Å². The van der Waals surface area contributed by atoms with Gasteiger partial charge in [0.05, 0.1) is 6.61 Å². The fraction of sp³-hybridized carbons (Fsp3) is 0.579. The summed E-state index contributed by atoms with van der Waals surface area (Å²) in [5.74, 6) is 0. The summed E-state index contributed by atoms with van der Waals surface area (Å²) < 4.78 is 7.77. The Balaban J connectivity index is 1.83.